The first-order chi connectivity index (χ1) is 7.52. The highest BCUT2D eigenvalue weighted by Gasteiger charge is 2.31. The van der Waals surface area contributed by atoms with Crippen LogP contribution >= 0.6 is 0 Å². The van der Waals surface area contributed by atoms with Crippen molar-refractivity contribution >= 4 is 0 Å². The molecule has 0 bridgehead atoms. The molecule has 0 fully saturated rings. The zero-order valence-electron chi connectivity index (χ0n) is 9.23. The smallest absolute Gasteiger partial charge is 0.176 e. The van der Waals surface area contributed by atoms with Crippen LogP contribution in [0.4, 0.5) is 0 Å². The molecule has 1 aliphatic rings. The second kappa shape index (κ2) is 3.81. The first kappa shape index (κ1) is 11.0. The normalized spacial score (nSPS) is 15.2. The molecule has 0 unspecified atom stereocenters. The average Bonchev–Trinajstić information content (AvgIpc) is 2.26. The zero-order valence-corrected chi connectivity index (χ0v) is 9.23. The molecule has 0 saturated heterocycles. The Morgan fingerprint density at radius 1 is 1.12 bits per heavy atom. The van der Waals surface area contributed by atoms with Crippen LogP contribution in [0.15, 0.2) is 35.8 Å². The Labute approximate surface area is 93.7 Å². The second-order valence-corrected chi connectivity index (χ2v) is 4.12. The first-order valence-corrected chi connectivity index (χ1v) is 5.04. The molecule has 0 atom stereocenters. The molecule has 0 aliphatic carbocycles. The van der Waals surface area contributed by atoms with E-state index in [1.165, 1.54) is 0 Å². The van der Waals surface area contributed by atoms with E-state index in [1.807, 2.05) is 12.1 Å². The average molecular weight is 222 g/mol. The molecule has 1 aromatic carbocycles. The van der Waals surface area contributed by atoms with Gasteiger partial charge in [0, 0.05) is 0 Å². The number of fused-ring (bicyclic) bond motifs is 1. The molecule has 2 rings (SSSR count). The van der Waals surface area contributed by atoms with Crippen molar-refractivity contribution in [3.05, 3.63) is 35.8 Å². The molecule has 0 saturated carbocycles. The minimum atomic E-state index is -1.19. The van der Waals surface area contributed by atoms with Crippen molar-refractivity contribution < 1.29 is 19.7 Å². The number of para-hydroxylation sites is 2. The number of benzene rings is 1. The van der Waals surface area contributed by atoms with E-state index in [0.29, 0.717) is 11.5 Å². The van der Waals surface area contributed by atoms with Gasteiger partial charge in [-0.05, 0) is 26.0 Å². The van der Waals surface area contributed by atoms with Crippen LogP contribution in [0, 0.1) is 0 Å². The topological polar surface area (TPSA) is 58.9 Å². The fraction of sp³-hybridized carbons (Fsp3) is 0.333. The van der Waals surface area contributed by atoms with Gasteiger partial charge in [0.05, 0.1) is 0 Å². The molecule has 0 amide bonds. The summed E-state index contributed by atoms with van der Waals surface area (Å²) in [4.78, 5) is 0. The van der Waals surface area contributed by atoms with Crippen LogP contribution in [0.2, 0.25) is 0 Å². The molecule has 0 spiro atoms. The summed E-state index contributed by atoms with van der Waals surface area (Å²) in [7, 11) is 0. The highest BCUT2D eigenvalue weighted by Crippen LogP contribution is 2.37. The van der Waals surface area contributed by atoms with Crippen molar-refractivity contribution in [2.75, 3.05) is 6.61 Å². The number of hydrogen-bond acceptors (Lipinski definition) is 4. The van der Waals surface area contributed by atoms with Crippen molar-refractivity contribution in [3.63, 3.8) is 0 Å². The Morgan fingerprint density at radius 2 is 1.69 bits per heavy atom. The molecule has 1 heterocycles. The van der Waals surface area contributed by atoms with Gasteiger partial charge in [-0.25, -0.2) is 0 Å². The van der Waals surface area contributed by atoms with Gasteiger partial charge in [0.1, 0.15) is 12.2 Å². The van der Waals surface area contributed by atoms with Gasteiger partial charge >= 0.3 is 0 Å². The number of aliphatic hydroxyl groups excluding tert-OH is 1. The quantitative estimate of drug-likeness (QED) is 0.794. The van der Waals surface area contributed by atoms with E-state index < -0.39 is 5.60 Å². The third kappa shape index (κ3) is 1.89. The summed E-state index contributed by atoms with van der Waals surface area (Å²) in [5, 5.41) is 19.1. The molecule has 0 aromatic heterocycles. The van der Waals surface area contributed by atoms with E-state index in [0.717, 1.165) is 0 Å². The molecule has 4 heteroatoms. The fourth-order valence-electron chi connectivity index (χ4n) is 1.53. The van der Waals surface area contributed by atoms with Gasteiger partial charge in [-0.3, -0.25) is 0 Å². The van der Waals surface area contributed by atoms with E-state index in [4.69, 9.17) is 9.47 Å². The largest absolute Gasteiger partial charge is 0.452 e. The maximum Gasteiger partial charge on any atom is 0.176 e. The lowest BCUT2D eigenvalue weighted by atomic mass is 10.1. The lowest BCUT2D eigenvalue weighted by Crippen LogP contribution is -2.31. The molecule has 16 heavy (non-hydrogen) atoms. The highest BCUT2D eigenvalue weighted by molar-refractivity contribution is 5.45. The molecular formula is C12H14O4. The van der Waals surface area contributed by atoms with E-state index >= 15 is 0 Å². The summed E-state index contributed by atoms with van der Waals surface area (Å²) in [6, 6.07) is 7.11. The van der Waals surface area contributed by atoms with Crippen molar-refractivity contribution in [2.45, 2.75) is 19.4 Å². The number of rotatable bonds is 2. The lowest BCUT2D eigenvalue weighted by Gasteiger charge is -2.29. The molecule has 2 N–H and O–H groups in total. The van der Waals surface area contributed by atoms with Crippen molar-refractivity contribution in [1.82, 2.24) is 0 Å². The molecule has 1 aliphatic heterocycles. The Hall–Kier alpha value is -1.52. The molecule has 1 aromatic rings. The highest BCUT2D eigenvalue weighted by atomic mass is 16.6. The third-order valence-corrected chi connectivity index (χ3v) is 2.25. The van der Waals surface area contributed by atoms with E-state index in [1.54, 1.807) is 26.0 Å². The number of ether oxygens (including phenoxy) is 2. The summed E-state index contributed by atoms with van der Waals surface area (Å²) >= 11 is 0. The Kier molecular flexibility index (Phi) is 2.61. The third-order valence-electron chi connectivity index (χ3n) is 2.25. The van der Waals surface area contributed by atoms with Crippen LogP contribution in [0.5, 0.6) is 11.5 Å². The van der Waals surface area contributed by atoms with Crippen molar-refractivity contribution in [1.29, 1.82) is 0 Å². The van der Waals surface area contributed by atoms with E-state index in [2.05, 4.69) is 0 Å². The summed E-state index contributed by atoms with van der Waals surface area (Å²) in [5.74, 6) is 1.57. The summed E-state index contributed by atoms with van der Waals surface area (Å²) < 4.78 is 11.0. The van der Waals surface area contributed by atoms with Crippen LogP contribution in [-0.4, -0.2) is 22.4 Å². The zero-order chi connectivity index (χ0) is 11.8. The standard InChI is InChI=1S/C12H14O4/c1-12(2,14)11-10(7-13)15-8-5-3-4-6-9(8)16-11/h3-6,13-14H,7H2,1-2H3. The molecule has 86 valence electrons. The number of hydrogen-bond donors (Lipinski definition) is 2. The van der Waals surface area contributed by atoms with Gasteiger partial charge in [0.25, 0.3) is 0 Å². The second-order valence-electron chi connectivity index (χ2n) is 4.12. The Morgan fingerprint density at radius 3 is 2.19 bits per heavy atom. The Bertz CT molecular complexity index is 429. The molecule has 0 radical (unpaired) electrons. The Balaban J connectivity index is 2.42. The van der Waals surface area contributed by atoms with E-state index in [9.17, 15) is 10.2 Å². The predicted molar refractivity (Wildman–Crippen MR) is 58.1 cm³/mol. The SMILES string of the molecule is CC(C)(O)C1=C(CO)Oc2ccccc2O1. The van der Waals surface area contributed by atoms with E-state index in [-0.39, 0.29) is 18.1 Å². The fourth-order valence-corrected chi connectivity index (χ4v) is 1.53. The first-order valence-electron chi connectivity index (χ1n) is 5.04. The van der Waals surface area contributed by atoms with Crippen LogP contribution in [-0.2, 0) is 0 Å². The van der Waals surface area contributed by atoms with Gasteiger partial charge in [-0.1, -0.05) is 12.1 Å². The van der Waals surface area contributed by atoms with Crippen LogP contribution in [0.1, 0.15) is 13.8 Å². The van der Waals surface area contributed by atoms with Crippen molar-refractivity contribution in [2.24, 2.45) is 0 Å². The number of aliphatic hydroxyl groups is 2. The van der Waals surface area contributed by atoms with Crippen LogP contribution in [0.25, 0.3) is 0 Å². The summed E-state index contributed by atoms with van der Waals surface area (Å²) in [5.41, 5.74) is -1.19. The molecule has 4 nitrogen and oxygen atoms in total. The molecular weight excluding hydrogens is 208 g/mol. The summed E-state index contributed by atoms with van der Waals surface area (Å²) in [6.07, 6.45) is 0. The predicted octanol–water partition coefficient (Wildman–Crippen LogP) is 1.43. The van der Waals surface area contributed by atoms with Gasteiger partial charge in [-0.2, -0.15) is 0 Å². The summed E-state index contributed by atoms with van der Waals surface area (Å²) in [6.45, 7) is 2.85. The lowest BCUT2D eigenvalue weighted by molar-refractivity contribution is 0.0585. The minimum absolute atomic E-state index is 0.242. The van der Waals surface area contributed by atoms with Crippen LogP contribution in [0.3, 0.4) is 0 Å². The maximum absolute atomic E-state index is 9.90. The van der Waals surface area contributed by atoms with Gasteiger partial charge in [0.2, 0.25) is 0 Å². The minimum Gasteiger partial charge on any atom is -0.452 e. The van der Waals surface area contributed by atoms with Gasteiger partial charge in [0.15, 0.2) is 23.0 Å². The van der Waals surface area contributed by atoms with Crippen LogP contribution < -0.4 is 9.47 Å². The maximum atomic E-state index is 9.90. The monoisotopic (exact) mass is 222 g/mol. The van der Waals surface area contributed by atoms with Gasteiger partial charge < -0.3 is 19.7 Å². The van der Waals surface area contributed by atoms with Gasteiger partial charge in [-0.15, -0.1) is 0 Å². The van der Waals surface area contributed by atoms with Crippen molar-refractivity contribution in [3.8, 4) is 11.5 Å².